The van der Waals surface area contributed by atoms with Crippen molar-refractivity contribution in [3.8, 4) is 0 Å². The van der Waals surface area contributed by atoms with Crippen LogP contribution in [0.5, 0.6) is 0 Å². The summed E-state index contributed by atoms with van der Waals surface area (Å²) in [6.07, 6.45) is -4.11. The number of ether oxygens (including phenoxy) is 1. The van der Waals surface area contributed by atoms with Gasteiger partial charge in [0.25, 0.3) is 5.72 Å². The predicted octanol–water partition coefficient (Wildman–Crippen LogP) is 1.59. The third kappa shape index (κ3) is 3.00. The van der Waals surface area contributed by atoms with Crippen molar-refractivity contribution in [2.24, 2.45) is 0 Å². The van der Waals surface area contributed by atoms with Gasteiger partial charge in [-0.3, -0.25) is 5.43 Å². The van der Waals surface area contributed by atoms with E-state index in [0.29, 0.717) is 16.4 Å². The van der Waals surface area contributed by atoms with Gasteiger partial charge in [0.2, 0.25) is 5.95 Å². The van der Waals surface area contributed by atoms with E-state index in [1.165, 1.54) is 13.2 Å². The van der Waals surface area contributed by atoms with E-state index >= 15 is 0 Å². The van der Waals surface area contributed by atoms with Gasteiger partial charge in [0.15, 0.2) is 0 Å². The Labute approximate surface area is 125 Å². The maximum atomic E-state index is 13.3. The fourth-order valence-electron chi connectivity index (χ4n) is 2.17. The number of aryl methyl sites for hydroxylation is 2. The molecule has 1 fully saturated rings. The summed E-state index contributed by atoms with van der Waals surface area (Å²) in [6, 6.07) is 1.63. The van der Waals surface area contributed by atoms with Gasteiger partial charge < -0.3 is 9.84 Å². The van der Waals surface area contributed by atoms with Gasteiger partial charge in [-0.05, 0) is 26.0 Å². The number of halogens is 3. The van der Waals surface area contributed by atoms with E-state index in [-0.39, 0.29) is 18.3 Å². The molecule has 0 unspecified atom stereocenters. The molecule has 9 heteroatoms. The van der Waals surface area contributed by atoms with Gasteiger partial charge >= 0.3 is 6.18 Å². The van der Waals surface area contributed by atoms with Crippen LogP contribution in [0.3, 0.4) is 0 Å². The first-order valence-electron chi connectivity index (χ1n) is 6.53. The quantitative estimate of drug-likeness (QED) is 0.882. The highest BCUT2D eigenvalue weighted by Crippen LogP contribution is 2.42. The Bertz CT molecular complexity index is 571. The smallest absolute Gasteiger partial charge is 0.381 e. The molecule has 2 heterocycles. The Morgan fingerprint density at radius 1 is 1.41 bits per heavy atom. The van der Waals surface area contributed by atoms with Crippen molar-refractivity contribution in [1.29, 1.82) is 0 Å². The van der Waals surface area contributed by atoms with Crippen LogP contribution in [-0.4, -0.2) is 40.7 Å². The van der Waals surface area contributed by atoms with Crippen LogP contribution >= 0.6 is 0 Å². The Morgan fingerprint density at radius 2 is 2.00 bits per heavy atom. The number of aromatic nitrogens is 2. The standard InChI is InChI=1S/C13H17F3N4O2/c1-8-6-9(2)18-11(17-8)20-12(21,13(14,15)16)7-10(19-20)4-5-22-3/h4,6,19,21H,5,7H2,1-3H3/b10-4-/t12-/m1/s1. The van der Waals surface area contributed by atoms with Crippen LogP contribution in [0, 0.1) is 13.8 Å². The first kappa shape index (κ1) is 16.5. The second-order valence-corrected chi connectivity index (χ2v) is 5.07. The van der Waals surface area contributed by atoms with Crippen molar-refractivity contribution < 1.29 is 23.0 Å². The van der Waals surface area contributed by atoms with Crippen LogP contribution in [-0.2, 0) is 4.74 Å². The number of rotatable bonds is 3. The number of hydrazine groups is 1. The van der Waals surface area contributed by atoms with E-state index in [1.54, 1.807) is 19.9 Å². The monoisotopic (exact) mass is 318 g/mol. The van der Waals surface area contributed by atoms with Gasteiger partial charge in [-0.1, -0.05) is 0 Å². The third-order valence-corrected chi connectivity index (χ3v) is 3.18. The Kier molecular flexibility index (Phi) is 4.30. The molecule has 1 aliphatic heterocycles. The lowest BCUT2D eigenvalue weighted by atomic mass is 10.1. The normalized spacial score (nSPS) is 24.0. The van der Waals surface area contributed by atoms with Crippen LogP contribution in [0.1, 0.15) is 17.8 Å². The molecule has 0 aromatic carbocycles. The van der Waals surface area contributed by atoms with Crippen LogP contribution < -0.4 is 10.4 Å². The number of anilines is 1. The molecule has 1 atom stereocenters. The number of alkyl halides is 3. The zero-order valence-corrected chi connectivity index (χ0v) is 12.4. The van der Waals surface area contributed by atoms with E-state index in [2.05, 4.69) is 15.4 Å². The third-order valence-electron chi connectivity index (χ3n) is 3.18. The summed E-state index contributed by atoms with van der Waals surface area (Å²) in [5.74, 6) is -0.238. The van der Waals surface area contributed by atoms with Crippen molar-refractivity contribution in [2.45, 2.75) is 32.2 Å². The number of nitrogens with zero attached hydrogens (tertiary/aromatic N) is 3. The Hall–Kier alpha value is -1.87. The summed E-state index contributed by atoms with van der Waals surface area (Å²) in [7, 11) is 1.42. The molecule has 22 heavy (non-hydrogen) atoms. The number of nitrogens with one attached hydrogen (secondary N) is 1. The molecular weight excluding hydrogens is 301 g/mol. The van der Waals surface area contributed by atoms with Gasteiger partial charge in [-0.15, -0.1) is 0 Å². The molecule has 122 valence electrons. The van der Waals surface area contributed by atoms with Crippen LogP contribution in [0.25, 0.3) is 0 Å². The van der Waals surface area contributed by atoms with Gasteiger partial charge in [0.1, 0.15) is 0 Å². The summed E-state index contributed by atoms with van der Waals surface area (Å²) in [6.45, 7) is 3.41. The van der Waals surface area contributed by atoms with Crippen molar-refractivity contribution in [3.05, 3.63) is 29.2 Å². The van der Waals surface area contributed by atoms with Crippen LogP contribution in [0.2, 0.25) is 0 Å². The minimum Gasteiger partial charge on any atom is -0.381 e. The fourth-order valence-corrected chi connectivity index (χ4v) is 2.17. The molecule has 1 aromatic rings. The highest BCUT2D eigenvalue weighted by Gasteiger charge is 2.62. The SMILES string of the molecule is COC/C=C1/C[C@@](O)(C(F)(F)F)N(c2nc(C)cc(C)n2)N1. The van der Waals surface area contributed by atoms with Gasteiger partial charge in [-0.2, -0.15) is 13.2 Å². The van der Waals surface area contributed by atoms with Gasteiger partial charge in [-0.25, -0.2) is 15.0 Å². The molecule has 0 aliphatic carbocycles. The Morgan fingerprint density at radius 3 is 2.50 bits per heavy atom. The highest BCUT2D eigenvalue weighted by molar-refractivity contribution is 5.40. The summed E-state index contributed by atoms with van der Waals surface area (Å²) < 4.78 is 44.8. The Balaban J connectivity index is 2.45. The first-order chi connectivity index (χ1) is 10.2. The maximum Gasteiger partial charge on any atom is 0.438 e. The molecule has 1 aromatic heterocycles. The van der Waals surface area contributed by atoms with Crippen molar-refractivity contribution in [2.75, 3.05) is 18.7 Å². The number of hydrogen-bond acceptors (Lipinski definition) is 6. The van der Waals surface area contributed by atoms with E-state index in [0.717, 1.165) is 0 Å². The molecule has 0 spiro atoms. The average Bonchev–Trinajstić information content (AvgIpc) is 2.73. The average molecular weight is 318 g/mol. The molecule has 1 aliphatic rings. The lowest BCUT2D eigenvalue weighted by Crippen LogP contribution is -2.58. The maximum absolute atomic E-state index is 13.3. The molecule has 0 amide bonds. The van der Waals surface area contributed by atoms with E-state index in [1.807, 2.05) is 0 Å². The van der Waals surface area contributed by atoms with Gasteiger partial charge in [0.05, 0.1) is 6.61 Å². The topological polar surface area (TPSA) is 70.5 Å². The molecule has 0 radical (unpaired) electrons. The largest absolute Gasteiger partial charge is 0.438 e. The number of aliphatic hydroxyl groups is 1. The molecule has 0 saturated carbocycles. The highest BCUT2D eigenvalue weighted by atomic mass is 19.4. The van der Waals surface area contributed by atoms with E-state index in [4.69, 9.17) is 4.74 Å². The minimum atomic E-state index is -4.89. The van der Waals surface area contributed by atoms with Crippen molar-refractivity contribution in [1.82, 2.24) is 15.4 Å². The zero-order valence-electron chi connectivity index (χ0n) is 12.4. The van der Waals surface area contributed by atoms with Gasteiger partial charge in [0, 0.05) is 30.6 Å². The molecule has 2 N–H and O–H groups in total. The van der Waals surface area contributed by atoms with E-state index in [9.17, 15) is 18.3 Å². The molecule has 6 nitrogen and oxygen atoms in total. The lowest BCUT2D eigenvalue weighted by molar-refractivity contribution is -0.255. The summed E-state index contributed by atoms with van der Waals surface area (Å²) in [5.41, 5.74) is 0.585. The predicted molar refractivity (Wildman–Crippen MR) is 72.7 cm³/mol. The summed E-state index contributed by atoms with van der Waals surface area (Å²) in [5, 5.41) is 10.7. The minimum absolute atomic E-state index is 0.123. The lowest BCUT2D eigenvalue weighted by Gasteiger charge is -2.33. The molecule has 0 bridgehead atoms. The van der Waals surface area contributed by atoms with Crippen LogP contribution in [0.15, 0.2) is 17.8 Å². The molecular formula is C13H17F3N4O2. The number of methoxy groups -OCH3 is 1. The van der Waals surface area contributed by atoms with Crippen molar-refractivity contribution in [3.63, 3.8) is 0 Å². The molecule has 1 saturated heterocycles. The fraction of sp³-hybridized carbons (Fsp3) is 0.538. The zero-order chi connectivity index (χ0) is 16.5. The second kappa shape index (κ2) is 5.73. The van der Waals surface area contributed by atoms with Crippen molar-refractivity contribution >= 4 is 5.95 Å². The number of hydrogen-bond donors (Lipinski definition) is 2. The van der Waals surface area contributed by atoms with Crippen LogP contribution in [0.4, 0.5) is 19.1 Å². The molecule has 2 rings (SSSR count). The summed E-state index contributed by atoms with van der Waals surface area (Å²) in [4.78, 5) is 7.95. The summed E-state index contributed by atoms with van der Waals surface area (Å²) >= 11 is 0. The second-order valence-electron chi connectivity index (χ2n) is 5.07. The van der Waals surface area contributed by atoms with E-state index < -0.39 is 18.3 Å². The first-order valence-corrected chi connectivity index (χ1v) is 6.53.